The lowest BCUT2D eigenvalue weighted by molar-refractivity contribution is -0.142. The lowest BCUT2D eigenvalue weighted by atomic mass is 10.2. The summed E-state index contributed by atoms with van der Waals surface area (Å²) in [6.07, 6.45) is 0.611. The monoisotopic (exact) mass is 542 g/mol. The molecule has 0 aliphatic carbocycles. The summed E-state index contributed by atoms with van der Waals surface area (Å²) >= 11 is 11.9. The number of nitrogens with one attached hydrogen (secondary N) is 3. The third kappa shape index (κ3) is 7.07. The molecule has 35 heavy (non-hydrogen) atoms. The smallest absolute Gasteiger partial charge is 0.328 e. The summed E-state index contributed by atoms with van der Waals surface area (Å²) in [6, 6.07) is 9.76. The first kappa shape index (κ1) is 26.7. The van der Waals surface area contributed by atoms with Crippen molar-refractivity contribution in [1.29, 1.82) is 0 Å². The zero-order valence-corrected chi connectivity index (χ0v) is 20.7. The number of nitrogens with zero attached hydrogens (tertiary/aromatic N) is 1. The van der Waals surface area contributed by atoms with E-state index in [1.165, 1.54) is 18.2 Å². The second-order valence-corrected chi connectivity index (χ2v) is 10.6. The van der Waals surface area contributed by atoms with E-state index in [2.05, 4.69) is 16.0 Å². The molecule has 1 aliphatic rings. The summed E-state index contributed by atoms with van der Waals surface area (Å²) in [5, 5.41) is 17.1. The number of rotatable bonds is 9. The second kappa shape index (κ2) is 11.7. The van der Waals surface area contributed by atoms with Crippen molar-refractivity contribution in [2.24, 2.45) is 0 Å². The van der Waals surface area contributed by atoms with E-state index in [4.69, 9.17) is 23.2 Å². The molecule has 0 radical (unpaired) electrons. The van der Waals surface area contributed by atoms with E-state index in [9.17, 15) is 27.9 Å². The van der Waals surface area contributed by atoms with Gasteiger partial charge in [0.15, 0.2) is 0 Å². The third-order valence-corrected chi connectivity index (χ3v) is 7.65. The van der Waals surface area contributed by atoms with Crippen LogP contribution in [0.3, 0.4) is 0 Å². The van der Waals surface area contributed by atoms with Crippen LogP contribution in [0.15, 0.2) is 53.4 Å². The van der Waals surface area contributed by atoms with Crippen molar-refractivity contribution in [3.63, 3.8) is 0 Å². The van der Waals surface area contributed by atoms with Crippen molar-refractivity contribution in [2.45, 2.75) is 36.4 Å². The highest BCUT2D eigenvalue weighted by atomic mass is 35.5. The molecule has 0 bridgehead atoms. The van der Waals surface area contributed by atoms with Crippen LogP contribution >= 0.6 is 23.2 Å². The molecule has 3 rings (SSSR count). The van der Waals surface area contributed by atoms with E-state index >= 15 is 0 Å². The van der Waals surface area contributed by atoms with Gasteiger partial charge in [-0.25, -0.2) is 18.0 Å². The molecule has 0 aromatic heterocycles. The summed E-state index contributed by atoms with van der Waals surface area (Å²) in [7, 11) is -4.12. The Bertz CT molecular complexity index is 1180. The van der Waals surface area contributed by atoms with Crippen molar-refractivity contribution in [2.75, 3.05) is 13.1 Å². The number of carboxylic acids is 1. The molecule has 1 saturated heterocycles. The molecule has 2 atom stereocenters. The average Bonchev–Trinajstić information content (AvgIpc) is 3.31. The first-order chi connectivity index (χ1) is 16.6. The highest BCUT2D eigenvalue weighted by Crippen LogP contribution is 2.29. The predicted octanol–water partition coefficient (Wildman–Crippen LogP) is 2.22. The number of sulfonamides is 1. The number of hydrogen-bond donors (Lipinski definition) is 4. The van der Waals surface area contributed by atoms with Gasteiger partial charge in [0.2, 0.25) is 15.9 Å². The fourth-order valence-corrected chi connectivity index (χ4v) is 5.99. The van der Waals surface area contributed by atoms with E-state index in [1.807, 2.05) is 30.3 Å². The maximum Gasteiger partial charge on any atom is 0.328 e. The van der Waals surface area contributed by atoms with Crippen molar-refractivity contribution in [1.82, 2.24) is 20.3 Å². The van der Waals surface area contributed by atoms with Gasteiger partial charge in [0.25, 0.3) is 0 Å². The minimum absolute atomic E-state index is 0.0719. The van der Waals surface area contributed by atoms with E-state index in [1.54, 1.807) is 0 Å². The maximum absolute atomic E-state index is 13.1. The molecule has 2 aromatic rings. The molecule has 0 spiro atoms. The molecule has 1 aliphatic heterocycles. The van der Waals surface area contributed by atoms with E-state index in [0.717, 1.165) is 9.87 Å². The number of carbonyl (C=O) groups excluding carboxylic acids is 2. The van der Waals surface area contributed by atoms with Gasteiger partial charge in [-0.05, 0) is 36.6 Å². The van der Waals surface area contributed by atoms with Crippen molar-refractivity contribution in [3.05, 3.63) is 64.1 Å². The van der Waals surface area contributed by atoms with Gasteiger partial charge in [0.1, 0.15) is 12.1 Å². The highest BCUT2D eigenvalue weighted by molar-refractivity contribution is 7.89. The summed E-state index contributed by atoms with van der Waals surface area (Å²) in [6.45, 7) is -0.0906. The fourth-order valence-electron chi connectivity index (χ4n) is 3.61. The minimum atomic E-state index is -4.12. The van der Waals surface area contributed by atoms with Crippen LogP contribution in [-0.2, 0) is 26.2 Å². The molecule has 1 fully saturated rings. The lowest BCUT2D eigenvalue weighted by Gasteiger charge is -2.25. The molecule has 2 unspecified atom stereocenters. The molecule has 4 N–H and O–H groups in total. The van der Waals surface area contributed by atoms with Gasteiger partial charge in [-0.2, -0.15) is 4.31 Å². The van der Waals surface area contributed by atoms with Gasteiger partial charge < -0.3 is 21.1 Å². The van der Waals surface area contributed by atoms with Gasteiger partial charge >= 0.3 is 12.0 Å². The molecule has 1 heterocycles. The number of carboxylic acid groups (broad SMARTS) is 1. The topological polar surface area (TPSA) is 145 Å². The quantitative estimate of drug-likeness (QED) is 0.382. The van der Waals surface area contributed by atoms with E-state index < -0.39 is 46.6 Å². The first-order valence-electron chi connectivity index (χ1n) is 10.6. The van der Waals surface area contributed by atoms with Crippen LogP contribution in [0.25, 0.3) is 0 Å². The number of halogens is 2. The van der Waals surface area contributed by atoms with Gasteiger partial charge in [-0.3, -0.25) is 4.79 Å². The summed E-state index contributed by atoms with van der Waals surface area (Å²) in [5.74, 6) is -2.16. The Morgan fingerprint density at radius 3 is 2.34 bits per heavy atom. The summed E-state index contributed by atoms with van der Waals surface area (Å²) in [4.78, 5) is 36.4. The summed E-state index contributed by atoms with van der Waals surface area (Å²) in [5.41, 5.74) is 0.856. The predicted molar refractivity (Wildman–Crippen MR) is 130 cm³/mol. The second-order valence-electron chi connectivity index (χ2n) is 7.83. The van der Waals surface area contributed by atoms with Crippen LogP contribution in [0.1, 0.15) is 18.4 Å². The maximum atomic E-state index is 13.1. The number of benzene rings is 2. The molecule has 13 heteroatoms. The van der Waals surface area contributed by atoms with E-state index in [0.29, 0.717) is 6.42 Å². The number of hydrogen-bond acceptors (Lipinski definition) is 5. The molecular weight excluding hydrogens is 519 g/mol. The molecule has 0 saturated carbocycles. The Morgan fingerprint density at radius 1 is 1.06 bits per heavy atom. The van der Waals surface area contributed by atoms with Crippen LogP contribution in [0, 0.1) is 0 Å². The van der Waals surface area contributed by atoms with Crippen molar-refractivity contribution >= 4 is 51.1 Å². The van der Waals surface area contributed by atoms with Crippen LogP contribution in [0.4, 0.5) is 4.79 Å². The Balaban J connectivity index is 1.62. The third-order valence-electron chi connectivity index (χ3n) is 5.33. The van der Waals surface area contributed by atoms with Crippen molar-refractivity contribution in [3.8, 4) is 0 Å². The standard InChI is InChI=1S/C22H24Cl2N4O6S/c23-15-9-16(24)11-17(10-15)35(33,34)28-8-4-7-19(28)20(29)27-18(21(30)31)13-26-22(32)25-12-14-5-2-1-3-6-14/h1-3,5-6,9-11,18-19H,4,7-8,12-13H2,(H,27,29)(H,30,31)(H2,25,26,32). The zero-order chi connectivity index (χ0) is 25.6. The lowest BCUT2D eigenvalue weighted by Crippen LogP contribution is -2.54. The molecule has 188 valence electrons. The SMILES string of the molecule is O=C(NCc1ccccc1)NCC(NC(=O)C1CCCN1S(=O)(=O)c1cc(Cl)cc(Cl)c1)C(=O)O. The average molecular weight is 543 g/mol. The zero-order valence-electron chi connectivity index (χ0n) is 18.4. The number of carbonyl (C=O) groups is 3. The van der Waals surface area contributed by atoms with Crippen LogP contribution in [0.2, 0.25) is 10.0 Å². The Morgan fingerprint density at radius 2 is 1.71 bits per heavy atom. The number of aliphatic carboxylic acids is 1. The van der Waals surface area contributed by atoms with Gasteiger partial charge in [-0.15, -0.1) is 0 Å². The molecule has 10 nitrogen and oxygen atoms in total. The Hall–Kier alpha value is -2.86. The number of urea groups is 1. The minimum Gasteiger partial charge on any atom is -0.480 e. The fraction of sp³-hybridized carbons (Fsp3) is 0.318. The molecule has 2 aromatic carbocycles. The Kier molecular flexibility index (Phi) is 8.95. The van der Waals surface area contributed by atoms with Crippen LogP contribution in [-0.4, -0.2) is 60.9 Å². The van der Waals surface area contributed by atoms with Gasteiger partial charge in [0.05, 0.1) is 11.4 Å². The molecule has 3 amide bonds. The van der Waals surface area contributed by atoms with Crippen molar-refractivity contribution < 1.29 is 27.9 Å². The summed E-state index contributed by atoms with van der Waals surface area (Å²) < 4.78 is 27.3. The highest BCUT2D eigenvalue weighted by Gasteiger charge is 2.40. The largest absolute Gasteiger partial charge is 0.480 e. The van der Waals surface area contributed by atoms with Gasteiger partial charge in [0, 0.05) is 23.1 Å². The van der Waals surface area contributed by atoms with Gasteiger partial charge in [-0.1, -0.05) is 53.5 Å². The normalized spacial score (nSPS) is 16.9. The molecular formula is C22H24Cl2N4O6S. The Labute approximate surface area is 212 Å². The van der Waals surface area contributed by atoms with E-state index in [-0.39, 0.29) is 34.5 Å². The number of amides is 3. The van der Waals surface area contributed by atoms with Crippen LogP contribution in [0.5, 0.6) is 0 Å². The first-order valence-corrected chi connectivity index (χ1v) is 12.8. The van der Waals surface area contributed by atoms with Crippen LogP contribution < -0.4 is 16.0 Å².